The Morgan fingerprint density at radius 3 is 2.71 bits per heavy atom. The SMILES string of the molecule is CCCCOc1c(Cl)cc(C(=O)NC2CC2)cc1OCC. The second kappa shape index (κ2) is 7.55. The Morgan fingerprint density at radius 2 is 2.10 bits per heavy atom. The number of carbonyl (C=O) groups is 1. The van der Waals surface area contributed by atoms with E-state index in [-0.39, 0.29) is 5.91 Å². The van der Waals surface area contributed by atoms with Crippen LogP contribution in [0.2, 0.25) is 5.02 Å². The molecule has 0 atom stereocenters. The van der Waals surface area contributed by atoms with Gasteiger partial charge in [-0.3, -0.25) is 4.79 Å². The van der Waals surface area contributed by atoms with Gasteiger partial charge in [0.2, 0.25) is 0 Å². The van der Waals surface area contributed by atoms with E-state index in [1.807, 2.05) is 6.92 Å². The van der Waals surface area contributed by atoms with Crippen LogP contribution < -0.4 is 14.8 Å². The van der Waals surface area contributed by atoms with Crippen LogP contribution in [0.5, 0.6) is 11.5 Å². The summed E-state index contributed by atoms with van der Waals surface area (Å²) >= 11 is 6.26. The summed E-state index contributed by atoms with van der Waals surface area (Å²) in [5, 5.41) is 3.36. The fourth-order valence-corrected chi connectivity index (χ4v) is 2.18. The predicted octanol–water partition coefficient (Wildman–Crippen LogP) is 3.81. The summed E-state index contributed by atoms with van der Waals surface area (Å²) in [6.07, 6.45) is 4.10. The molecule has 1 N–H and O–H groups in total. The maximum absolute atomic E-state index is 12.1. The van der Waals surface area contributed by atoms with Gasteiger partial charge in [-0.1, -0.05) is 24.9 Å². The summed E-state index contributed by atoms with van der Waals surface area (Å²) in [6.45, 7) is 5.07. The van der Waals surface area contributed by atoms with Gasteiger partial charge in [0.15, 0.2) is 11.5 Å². The third kappa shape index (κ3) is 4.53. The Labute approximate surface area is 130 Å². The Bertz CT molecular complexity index is 501. The Hall–Kier alpha value is -1.42. The van der Waals surface area contributed by atoms with E-state index >= 15 is 0 Å². The Balaban J connectivity index is 2.17. The van der Waals surface area contributed by atoms with Gasteiger partial charge in [-0.25, -0.2) is 0 Å². The van der Waals surface area contributed by atoms with Gasteiger partial charge in [-0.15, -0.1) is 0 Å². The summed E-state index contributed by atoms with van der Waals surface area (Å²) in [4.78, 5) is 12.1. The van der Waals surface area contributed by atoms with E-state index in [0.29, 0.717) is 41.3 Å². The van der Waals surface area contributed by atoms with Crippen LogP contribution in [0.15, 0.2) is 12.1 Å². The molecule has 1 saturated carbocycles. The van der Waals surface area contributed by atoms with Gasteiger partial charge >= 0.3 is 0 Å². The third-order valence-corrected chi connectivity index (χ3v) is 3.51. The molecule has 2 rings (SSSR count). The number of unbranched alkanes of at least 4 members (excludes halogenated alkanes) is 1. The molecule has 1 aromatic rings. The lowest BCUT2D eigenvalue weighted by atomic mass is 10.2. The number of halogens is 1. The van der Waals surface area contributed by atoms with Crippen molar-refractivity contribution >= 4 is 17.5 Å². The van der Waals surface area contributed by atoms with Crippen molar-refractivity contribution in [2.75, 3.05) is 13.2 Å². The summed E-state index contributed by atoms with van der Waals surface area (Å²) < 4.78 is 11.3. The van der Waals surface area contributed by atoms with Crippen LogP contribution in [0.1, 0.15) is 49.9 Å². The highest BCUT2D eigenvalue weighted by Crippen LogP contribution is 2.37. The monoisotopic (exact) mass is 311 g/mol. The molecule has 1 aliphatic carbocycles. The smallest absolute Gasteiger partial charge is 0.251 e. The molecule has 1 amide bonds. The van der Waals surface area contributed by atoms with Gasteiger partial charge < -0.3 is 14.8 Å². The molecule has 21 heavy (non-hydrogen) atoms. The van der Waals surface area contributed by atoms with E-state index in [1.54, 1.807) is 12.1 Å². The van der Waals surface area contributed by atoms with Gasteiger partial charge in [0.1, 0.15) is 0 Å². The van der Waals surface area contributed by atoms with Crippen LogP contribution in [-0.2, 0) is 0 Å². The van der Waals surface area contributed by atoms with E-state index in [1.165, 1.54) is 0 Å². The van der Waals surface area contributed by atoms with Gasteiger partial charge in [-0.2, -0.15) is 0 Å². The molecule has 5 heteroatoms. The Morgan fingerprint density at radius 1 is 1.33 bits per heavy atom. The first-order valence-corrected chi connectivity index (χ1v) is 7.93. The number of benzene rings is 1. The number of hydrogen-bond acceptors (Lipinski definition) is 3. The Kier molecular flexibility index (Phi) is 5.74. The van der Waals surface area contributed by atoms with Crippen LogP contribution >= 0.6 is 11.6 Å². The first-order chi connectivity index (χ1) is 10.2. The highest BCUT2D eigenvalue weighted by molar-refractivity contribution is 6.32. The largest absolute Gasteiger partial charge is 0.490 e. The summed E-state index contributed by atoms with van der Waals surface area (Å²) in [5.74, 6) is 0.942. The highest BCUT2D eigenvalue weighted by atomic mass is 35.5. The molecule has 0 unspecified atom stereocenters. The molecular formula is C16H22ClNO3. The van der Waals surface area contributed by atoms with Crippen molar-refractivity contribution in [2.24, 2.45) is 0 Å². The van der Waals surface area contributed by atoms with Crippen LogP contribution in [0.25, 0.3) is 0 Å². The summed E-state index contributed by atoms with van der Waals surface area (Å²) in [7, 11) is 0. The zero-order valence-electron chi connectivity index (χ0n) is 12.6. The lowest BCUT2D eigenvalue weighted by molar-refractivity contribution is 0.0950. The zero-order valence-corrected chi connectivity index (χ0v) is 13.3. The third-order valence-electron chi connectivity index (χ3n) is 3.23. The van der Waals surface area contributed by atoms with E-state index in [0.717, 1.165) is 25.7 Å². The van der Waals surface area contributed by atoms with Crippen molar-refractivity contribution in [3.05, 3.63) is 22.7 Å². The molecule has 0 saturated heterocycles. The van der Waals surface area contributed by atoms with Crippen molar-refractivity contribution in [3.8, 4) is 11.5 Å². The number of amides is 1. The minimum atomic E-state index is -0.111. The van der Waals surface area contributed by atoms with Crippen molar-refractivity contribution in [3.63, 3.8) is 0 Å². The molecule has 0 heterocycles. The second-order valence-electron chi connectivity index (χ2n) is 5.17. The first kappa shape index (κ1) is 16.0. The minimum Gasteiger partial charge on any atom is -0.490 e. The standard InChI is InChI=1S/C16H22ClNO3/c1-3-5-8-21-15-13(17)9-11(10-14(15)20-4-2)16(19)18-12-6-7-12/h9-10,12H,3-8H2,1-2H3,(H,18,19). The lowest BCUT2D eigenvalue weighted by Gasteiger charge is -2.15. The fourth-order valence-electron chi connectivity index (χ4n) is 1.92. The van der Waals surface area contributed by atoms with Crippen LogP contribution in [0.3, 0.4) is 0 Å². The molecule has 0 radical (unpaired) electrons. The molecule has 1 aliphatic rings. The van der Waals surface area contributed by atoms with Crippen molar-refractivity contribution < 1.29 is 14.3 Å². The normalized spacial score (nSPS) is 13.9. The number of carbonyl (C=O) groups excluding carboxylic acids is 1. The zero-order chi connectivity index (χ0) is 15.2. The number of hydrogen-bond donors (Lipinski definition) is 1. The van der Waals surface area contributed by atoms with Crippen LogP contribution in [0.4, 0.5) is 0 Å². The highest BCUT2D eigenvalue weighted by Gasteiger charge is 2.25. The van der Waals surface area contributed by atoms with E-state index in [9.17, 15) is 4.79 Å². The molecular weight excluding hydrogens is 290 g/mol. The van der Waals surface area contributed by atoms with E-state index in [4.69, 9.17) is 21.1 Å². The van der Waals surface area contributed by atoms with Gasteiger partial charge in [0.05, 0.1) is 18.2 Å². The minimum absolute atomic E-state index is 0.111. The lowest BCUT2D eigenvalue weighted by Crippen LogP contribution is -2.25. The quantitative estimate of drug-likeness (QED) is 0.743. The van der Waals surface area contributed by atoms with Crippen LogP contribution in [0, 0.1) is 0 Å². The number of ether oxygens (including phenoxy) is 2. The van der Waals surface area contributed by atoms with Crippen molar-refractivity contribution in [1.29, 1.82) is 0 Å². The first-order valence-electron chi connectivity index (χ1n) is 7.55. The van der Waals surface area contributed by atoms with E-state index in [2.05, 4.69) is 12.2 Å². The molecule has 1 aromatic carbocycles. The second-order valence-corrected chi connectivity index (χ2v) is 5.58. The average Bonchev–Trinajstić information content (AvgIpc) is 3.25. The maximum Gasteiger partial charge on any atom is 0.251 e. The molecule has 1 fully saturated rings. The molecule has 0 spiro atoms. The van der Waals surface area contributed by atoms with Gasteiger partial charge in [-0.05, 0) is 38.3 Å². The maximum atomic E-state index is 12.1. The molecule has 116 valence electrons. The van der Waals surface area contributed by atoms with Crippen molar-refractivity contribution in [1.82, 2.24) is 5.32 Å². The molecule has 0 bridgehead atoms. The summed E-state index contributed by atoms with van der Waals surface area (Å²) in [5.41, 5.74) is 0.512. The van der Waals surface area contributed by atoms with Gasteiger partial charge in [0, 0.05) is 11.6 Å². The average molecular weight is 312 g/mol. The topological polar surface area (TPSA) is 47.6 Å². The molecule has 4 nitrogen and oxygen atoms in total. The molecule has 0 aliphatic heterocycles. The van der Waals surface area contributed by atoms with Crippen LogP contribution in [-0.4, -0.2) is 25.2 Å². The fraction of sp³-hybridized carbons (Fsp3) is 0.562. The molecule has 0 aromatic heterocycles. The number of rotatable bonds is 8. The number of nitrogens with one attached hydrogen (secondary N) is 1. The predicted molar refractivity (Wildman–Crippen MR) is 83.5 cm³/mol. The van der Waals surface area contributed by atoms with Gasteiger partial charge in [0.25, 0.3) is 5.91 Å². The summed E-state index contributed by atoms with van der Waals surface area (Å²) in [6, 6.07) is 3.66. The van der Waals surface area contributed by atoms with E-state index < -0.39 is 0 Å². The van der Waals surface area contributed by atoms with Crippen molar-refractivity contribution in [2.45, 2.75) is 45.6 Å².